The highest BCUT2D eigenvalue weighted by Gasteiger charge is 2.27. The molecule has 0 N–H and O–H groups in total. The van der Waals surface area contributed by atoms with Crippen LogP contribution in [0.25, 0.3) is 0 Å². The molecule has 1 aliphatic rings. The minimum atomic E-state index is -0.0807. The molecule has 0 aliphatic carbocycles. The van der Waals surface area contributed by atoms with Crippen molar-refractivity contribution in [1.82, 2.24) is 9.80 Å². The summed E-state index contributed by atoms with van der Waals surface area (Å²) in [6.45, 7) is 2.77. The lowest BCUT2D eigenvalue weighted by Gasteiger charge is -2.34. The number of carbonyl (C=O) groups is 2. The topological polar surface area (TPSA) is 59.1 Å². The average molecular weight is 437 g/mol. The summed E-state index contributed by atoms with van der Waals surface area (Å²) in [4.78, 5) is 29.9. The molecule has 2 heterocycles. The average Bonchev–Trinajstić information content (AvgIpc) is 3.37. The standard InChI is InChI=1S/C24H24N2O4S/c27-23(25-12-14-26(15-13-25)24(28)22-11-6-18-31-22)20-9-4-5-10-21(20)30-17-16-29-19-7-2-1-3-8-19/h1-11,18H,12-17H2. The summed E-state index contributed by atoms with van der Waals surface area (Å²) in [7, 11) is 0. The van der Waals surface area contributed by atoms with Gasteiger partial charge in [0.05, 0.1) is 10.4 Å². The van der Waals surface area contributed by atoms with E-state index in [1.165, 1.54) is 11.3 Å². The lowest BCUT2D eigenvalue weighted by Crippen LogP contribution is -2.50. The molecule has 2 amide bonds. The Morgan fingerprint density at radius 3 is 2.10 bits per heavy atom. The number of amides is 2. The van der Waals surface area contributed by atoms with E-state index in [1.807, 2.05) is 60.0 Å². The van der Waals surface area contributed by atoms with E-state index in [0.29, 0.717) is 50.7 Å². The van der Waals surface area contributed by atoms with Gasteiger partial charge >= 0.3 is 0 Å². The SMILES string of the molecule is O=C(c1cccs1)N1CCN(C(=O)c2ccccc2OCCOc2ccccc2)CC1. The number of rotatable bonds is 7. The highest BCUT2D eigenvalue weighted by atomic mass is 32.1. The highest BCUT2D eigenvalue weighted by molar-refractivity contribution is 7.12. The van der Waals surface area contributed by atoms with E-state index in [-0.39, 0.29) is 11.8 Å². The smallest absolute Gasteiger partial charge is 0.264 e. The first-order valence-corrected chi connectivity index (χ1v) is 11.1. The van der Waals surface area contributed by atoms with E-state index in [0.717, 1.165) is 10.6 Å². The number of nitrogens with zero attached hydrogens (tertiary/aromatic N) is 2. The molecule has 0 radical (unpaired) electrons. The minimum Gasteiger partial charge on any atom is -0.490 e. The first kappa shape index (κ1) is 20.9. The van der Waals surface area contributed by atoms with Crippen LogP contribution in [0.1, 0.15) is 20.0 Å². The number of hydrogen-bond donors (Lipinski definition) is 0. The van der Waals surface area contributed by atoms with Crippen molar-refractivity contribution < 1.29 is 19.1 Å². The van der Waals surface area contributed by atoms with Gasteiger partial charge in [0, 0.05) is 26.2 Å². The van der Waals surface area contributed by atoms with Gasteiger partial charge in [0.1, 0.15) is 24.7 Å². The number of carbonyl (C=O) groups excluding carboxylic acids is 2. The molecule has 1 saturated heterocycles. The maximum Gasteiger partial charge on any atom is 0.264 e. The van der Waals surface area contributed by atoms with Crippen molar-refractivity contribution in [3.05, 3.63) is 82.6 Å². The van der Waals surface area contributed by atoms with Gasteiger partial charge in [0.25, 0.3) is 11.8 Å². The second-order valence-electron chi connectivity index (χ2n) is 7.07. The molecule has 7 heteroatoms. The van der Waals surface area contributed by atoms with E-state index in [1.54, 1.807) is 21.9 Å². The molecule has 2 aromatic carbocycles. The third-order valence-electron chi connectivity index (χ3n) is 5.06. The molecule has 1 aromatic heterocycles. The zero-order valence-electron chi connectivity index (χ0n) is 17.1. The molecule has 0 bridgehead atoms. The van der Waals surface area contributed by atoms with Crippen molar-refractivity contribution in [2.24, 2.45) is 0 Å². The first-order valence-electron chi connectivity index (χ1n) is 10.2. The van der Waals surface area contributed by atoms with E-state index < -0.39 is 0 Å². The van der Waals surface area contributed by atoms with Crippen LogP contribution in [0.2, 0.25) is 0 Å². The maximum atomic E-state index is 13.1. The van der Waals surface area contributed by atoms with Crippen LogP contribution in [0.5, 0.6) is 11.5 Å². The van der Waals surface area contributed by atoms with Gasteiger partial charge in [-0.3, -0.25) is 9.59 Å². The van der Waals surface area contributed by atoms with Gasteiger partial charge in [-0.2, -0.15) is 0 Å². The predicted molar refractivity (Wildman–Crippen MR) is 120 cm³/mol. The first-order chi connectivity index (χ1) is 15.2. The number of hydrogen-bond acceptors (Lipinski definition) is 5. The number of ether oxygens (including phenoxy) is 2. The van der Waals surface area contributed by atoms with Gasteiger partial charge in [0.2, 0.25) is 0 Å². The Morgan fingerprint density at radius 1 is 0.742 bits per heavy atom. The summed E-state index contributed by atoms with van der Waals surface area (Å²) in [5.74, 6) is 1.28. The molecule has 1 aliphatic heterocycles. The van der Waals surface area contributed by atoms with Crippen LogP contribution >= 0.6 is 11.3 Å². The summed E-state index contributed by atoms with van der Waals surface area (Å²) >= 11 is 1.44. The van der Waals surface area contributed by atoms with Crippen LogP contribution < -0.4 is 9.47 Å². The molecule has 0 saturated carbocycles. The Balaban J connectivity index is 1.31. The van der Waals surface area contributed by atoms with Crippen LogP contribution in [-0.4, -0.2) is 61.0 Å². The highest BCUT2D eigenvalue weighted by Crippen LogP contribution is 2.21. The van der Waals surface area contributed by atoms with Crippen LogP contribution in [0.4, 0.5) is 0 Å². The van der Waals surface area contributed by atoms with Crippen molar-refractivity contribution in [2.45, 2.75) is 0 Å². The third-order valence-corrected chi connectivity index (χ3v) is 5.91. The number of para-hydroxylation sites is 2. The normalized spacial score (nSPS) is 13.7. The molecule has 3 aromatic rings. The van der Waals surface area contributed by atoms with Crippen molar-refractivity contribution in [1.29, 1.82) is 0 Å². The largest absolute Gasteiger partial charge is 0.490 e. The molecule has 4 rings (SSSR count). The third kappa shape index (κ3) is 5.24. The van der Waals surface area contributed by atoms with Crippen LogP contribution in [0, 0.1) is 0 Å². The summed E-state index contributed by atoms with van der Waals surface area (Å²) in [5.41, 5.74) is 0.528. The van der Waals surface area contributed by atoms with Crippen molar-refractivity contribution in [2.75, 3.05) is 39.4 Å². The van der Waals surface area contributed by atoms with Gasteiger partial charge in [-0.1, -0.05) is 36.4 Å². The van der Waals surface area contributed by atoms with E-state index in [4.69, 9.17) is 9.47 Å². The van der Waals surface area contributed by atoms with Crippen LogP contribution in [0.15, 0.2) is 72.1 Å². The summed E-state index contributed by atoms with van der Waals surface area (Å²) in [5, 5.41) is 1.90. The molecule has 31 heavy (non-hydrogen) atoms. The fraction of sp³-hybridized carbons (Fsp3) is 0.250. The van der Waals surface area contributed by atoms with Crippen LogP contribution in [0.3, 0.4) is 0 Å². The fourth-order valence-corrected chi connectivity index (χ4v) is 4.13. The second-order valence-corrected chi connectivity index (χ2v) is 8.02. The monoisotopic (exact) mass is 436 g/mol. The minimum absolute atomic E-state index is 0.0317. The Bertz CT molecular complexity index is 999. The molecule has 1 fully saturated rings. The zero-order valence-corrected chi connectivity index (χ0v) is 17.9. The van der Waals surface area contributed by atoms with E-state index in [2.05, 4.69) is 0 Å². The van der Waals surface area contributed by atoms with E-state index >= 15 is 0 Å². The van der Waals surface area contributed by atoms with Gasteiger partial charge in [-0.15, -0.1) is 11.3 Å². The molecule has 0 spiro atoms. The maximum absolute atomic E-state index is 13.1. The van der Waals surface area contributed by atoms with Crippen molar-refractivity contribution >= 4 is 23.2 Å². The summed E-state index contributed by atoms with van der Waals surface area (Å²) in [6, 6.07) is 20.5. The summed E-state index contributed by atoms with van der Waals surface area (Å²) in [6.07, 6.45) is 0. The van der Waals surface area contributed by atoms with Gasteiger partial charge < -0.3 is 19.3 Å². The number of benzene rings is 2. The molecular weight excluding hydrogens is 412 g/mol. The molecule has 6 nitrogen and oxygen atoms in total. The van der Waals surface area contributed by atoms with E-state index in [9.17, 15) is 9.59 Å². The number of piperazine rings is 1. The van der Waals surface area contributed by atoms with Crippen molar-refractivity contribution in [3.63, 3.8) is 0 Å². The summed E-state index contributed by atoms with van der Waals surface area (Å²) < 4.78 is 11.5. The Labute approximate surface area is 185 Å². The predicted octanol–water partition coefficient (Wildman–Crippen LogP) is 3.80. The van der Waals surface area contributed by atoms with Gasteiger partial charge in [-0.25, -0.2) is 0 Å². The lowest BCUT2D eigenvalue weighted by molar-refractivity contribution is 0.0535. The molecule has 0 unspecified atom stereocenters. The zero-order chi connectivity index (χ0) is 21.5. The van der Waals surface area contributed by atoms with Gasteiger partial charge in [-0.05, 0) is 35.7 Å². The van der Waals surface area contributed by atoms with Crippen LogP contribution in [-0.2, 0) is 0 Å². The van der Waals surface area contributed by atoms with Gasteiger partial charge in [0.15, 0.2) is 0 Å². The number of thiophene rings is 1. The molecule has 160 valence electrons. The quantitative estimate of drug-likeness (QED) is 0.529. The van der Waals surface area contributed by atoms with Crippen molar-refractivity contribution in [3.8, 4) is 11.5 Å². The Morgan fingerprint density at radius 2 is 1.39 bits per heavy atom. The Hall–Kier alpha value is -3.32. The fourth-order valence-electron chi connectivity index (χ4n) is 3.44. The molecular formula is C24H24N2O4S. The molecule has 0 atom stereocenters. The lowest BCUT2D eigenvalue weighted by atomic mass is 10.1. The Kier molecular flexibility index (Phi) is 6.84. The second kappa shape index (κ2) is 10.1.